The van der Waals surface area contributed by atoms with Gasteiger partial charge in [0, 0.05) is 17.6 Å². The van der Waals surface area contributed by atoms with Crippen molar-refractivity contribution in [3.05, 3.63) is 28.2 Å². The van der Waals surface area contributed by atoms with Crippen LogP contribution in [0.15, 0.2) is 22.7 Å². The molecule has 6 heteroatoms. The minimum atomic E-state index is -1.07. The Morgan fingerprint density at radius 3 is 2.95 bits per heavy atom. The monoisotopic (exact) mass is 337 g/mol. The molecule has 106 valence electrons. The summed E-state index contributed by atoms with van der Waals surface area (Å²) in [5, 5.41) is 19.3. The van der Waals surface area contributed by atoms with Crippen molar-refractivity contribution in [1.29, 1.82) is 5.26 Å². The van der Waals surface area contributed by atoms with Crippen LogP contribution < -0.4 is 10.6 Å². The zero-order chi connectivity index (χ0) is 14.8. The minimum Gasteiger partial charge on any atom is -0.388 e. The molecular weight excluding hydrogens is 322 g/mol. The Hall–Kier alpha value is -1.58. The molecule has 1 atom stereocenters. The van der Waals surface area contributed by atoms with Gasteiger partial charge in [0.05, 0.1) is 29.3 Å². The number of rotatable bonds is 3. The lowest BCUT2D eigenvalue weighted by Crippen LogP contribution is -2.50. The molecular formula is C14H16BrN3O2. The van der Waals surface area contributed by atoms with Gasteiger partial charge in [-0.1, -0.05) is 0 Å². The van der Waals surface area contributed by atoms with E-state index < -0.39 is 11.5 Å². The number of carbonyl (C=O) groups excluding carboxylic acids is 1. The van der Waals surface area contributed by atoms with Gasteiger partial charge >= 0.3 is 0 Å². The highest BCUT2D eigenvalue weighted by Gasteiger charge is 2.35. The Bertz CT molecular complexity index is 570. The number of piperidine rings is 1. The molecule has 0 bridgehead atoms. The van der Waals surface area contributed by atoms with Crippen molar-refractivity contribution in [3.63, 3.8) is 0 Å². The van der Waals surface area contributed by atoms with E-state index in [0.717, 1.165) is 23.1 Å². The van der Waals surface area contributed by atoms with Crippen LogP contribution in [0.5, 0.6) is 0 Å². The Morgan fingerprint density at radius 1 is 1.60 bits per heavy atom. The van der Waals surface area contributed by atoms with E-state index in [-0.39, 0.29) is 6.42 Å². The van der Waals surface area contributed by atoms with E-state index in [2.05, 4.69) is 22.0 Å². The zero-order valence-corrected chi connectivity index (χ0v) is 12.6. The molecule has 1 aliphatic rings. The first-order valence-corrected chi connectivity index (χ1v) is 7.18. The number of benzene rings is 1. The third kappa shape index (κ3) is 3.30. The molecule has 1 saturated heterocycles. The predicted molar refractivity (Wildman–Crippen MR) is 79.1 cm³/mol. The van der Waals surface area contributed by atoms with Gasteiger partial charge in [-0.05, 0) is 47.0 Å². The second-order valence-electron chi connectivity index (χ2n) is 5.17. The predicted octanol–water partition coefficient (Wildman–Crippen LogP) is 1.53. The van der Waals surface area contributed by atoms with Crippen molar-refractivity contribution in [3.8, 4) is 6.07 Å². The largest absolute Gasteiger partial charge is 0.388 e. The summed E-state index contributed by atoms with van der Waals surface area (Å²) in [6.45, 7) is 1.16. The van der Waals surface area contributed by atoms with Gasteiger partial charge in [0.1, 0.15) is 0 Å². The average molecular weight is 338 g/mol. The topological polar surface area (TPSA) is 90.3 Å². The number of hydrogen-bond acceptors (Lipinski definition) is 4. The molecule has 20 heavy (non-hydrogen) atoms. The molecule has 3 N–H and O–H groups in total. The van der Waals surface area contributed by atoms with Crippen molar-refractivity contribution in [2.24, 2.45) is 5.73 Å². The number of halogens is 1. The maximum absolute atomic E-state index is 11.1. The van der Waals surface area contributed by atoms with E-state index in [4.69, 9.17) is 11.0 Å². The van der Waals surface area contributed by atoms with E-state index >= 15 is 0 Å². The van der Waals surface area contributed by atoms with E-state index in [1.54, 1.807) is 12.1 Å². The van der Waals surface area contributed by atoms with Crippen LogP contribution in [0.3, 0.4) is 0 Å². The fourth-order valence-electron chi connectivity index (χ4n) is 2.62. The van der Waals surface area contributed by atoms with E-state index in [0.29, 0.717) is 18.5 Å². The minimum absolute atomic E-state index is 0.0304. The number of primary amides is 1. The van der Waals surface area contributed by atoms with Gasteiger partial charge in [0.25, 0.3) is 0 Å². The van der Waals surface area contributed by atoms with Crippen LogP contribution in [-0.2, 0) is 4.79 Å². The first kappa shape index (κ1) is 14.8. The third-order valence-corrected chi connectivity index (χ3v) is 4.11. The van der Waals surface area contributed by atoms with Crippen LogP contribution in [0.4, 0.5) is 5.69 Å². The summed E-state index contributed by atoms with van der Waals surface area (Å²) in [5.41, 5.74) is 5.61. The van der Waals surface area contributed by atoms with Gasteiger partial charge in [0.2, 0.25) is 5.91 Å². The smallest absolute Gasteiger partial charge is 0.220 e. The summed E-state index contributed by atoms with van der Waals surface area (Å²) in [6, 6.07) is 7.41. The molecule has 0 radical (unpaired) electrons. The Balaban J connectivity index is 2.21. The Morgan fingerprint density at radius 2 is 2.35 bits per heavy atom. The molecule has 1 aromatic carbocycles. The Labute approximate surface area is 126 Å². The van der Waals surface area contributed by atoms with Gasteiger partial charge in [-0.3, -0.25) is 4.79 Å². The fraction of sp³-hybridized carbons (Fsp3) is 0.429. The lowest BCUT2D eigenvalue weighted by atomic mass is 9.89. The van der Waals surface area contributed by atoms with Crippen molar-refractivity contribution in [2.45, 2.75) is 24.9 Å². The lowest BCUT2D eigenvalue weighted by molar-refractivity contribution is -0.123. The van der Waals surface area contributed by atoms with Gasteiger partial charge in [0.15, 0.2) is 0 Å². The molecule has 1 aromatic rings. The number of nitrogens with zero attached hydrogens (tertiary/aromatic N) is 2. The number of amides is 1. The second kappa shape index (κ2) is 5.81. The lowest BCUT2D eigenvalue weighted by Gasteiger charge is -2.40. The summed E-state index contributed by atoms with van der Waals surface area (Å²) in [7, 11) is 0. The van der Waals surface area contributed by atoms with Crippen LogP contribution in [-0.4, -0.2) is 29.7 Å². The van der Waals surface area contributed by atoms with Crippen molar-refractivity contribution >= 4 is 27.5 Å². The molecule has 0 spiro atoms. The number of carbonyl (C=O) groups is 1. The van der Waals surface area contributed by atoms with Gasteiger partial charge in [-0.15, -0.1) is 0 Å². The van der Waals surface area contributed by atoms with Crippen molar-refractivity contribution < 1.29 is 9.90 Å². The number of nitrogens with two attached hydrogens (primary N) is 1. The molecule has 1 aliphatic heterocycles. The number of anilines is 1. The number of hydrogen-bond donors (Lipinski definition) is 2. The first-order chi connectivity index (χ1) is 9.43. The van der Waals surface area contributed by atoms with Gasteiger partial charge < -0.3 is 15.7 Å². The summed E-state index contributed by atoms with van der Waals surface area (Å²) >= 11 is 3.45. The molecule has 5 nitrogen and oxygen atoms in total. The van der Waals surface area contributed by atoms with E-state index in [9.17, 15) is 9.90 Å². The van der Waals surface area contributed by atoms with Crippen LogP contribution >= 0.6 is 15.9 Å². The molecule has 1 unspecified atom stereocenters. The quantitative estimate of drug-likeness (QED) is 0.874. The first-order valence-electron chi connectivity index (χ1n) is 6.39. The average Bonchev–Trinajstić information content (AvgIpc) is 2.36. The molecule has 1 heterocycles. The van der Waals surface area contributed by atoms with Crippen LogP contribution in [0, 0.1) is 11.3 Å². The molecule has 0 aromatic heterocycles. The van der Waals surface area contributed by atoms with E-state index in [1.807, 2.05) is 11.0 Å². The van der Waals surface area contributed by atoms with Crippen molar-refractivity contribution in [2.75, 3.05) is 18.0 Å². The second-order valence-corrected chi connectivity index (χ2v) is 6.02. The fourth-order valence-corrected chi connectivity index (χ4v) is 3.25. The summed E-state index contributed by atoms with van der Waals surface area (Å²) in [6.07, 6.45) is 1.33. The highest BCUT2D eigenvalue weighted by molar-refractivity contribution is 9.10. The summed E-state index contributed by atoms with van der Waals surface area (Å²) in [5.74, 6) is -0.492. The standard InChI is InChI=1S/C14H16BrN3O2/c15-11-6-10(8-16)2-3-12(11)18-5-1-4-14(20,9-18)7-13(17)19/h2-3,6,20H,1,4-5,7,9H2,(H2,17,19). The highest BCUT2D eigenvalue weighted by Crippen LogP contribution is 2.33. The highest BCUT2D eigenvalue weighted by atomic mass is 79.9. The molecule has 2 rings (SSSR count). The van der Waals surface area contributed by atoms with E-state index in [1.165, 1.54) is 0 Å². The Kier molecular flexibility index (Phi) is 4.31. The normalized spacial score (nSPS) is 22.4. The zero-order valence-electron chi connectivity index (χ0n) is 11.0. The maximum atomic E-state index is 11.1. The molecule has 0 aliphatic carbocycles. The van der Waals surface area contributed by atoms with Crippen molar-refractivity contribution in [1.82, 2.24) is 0 Å². The van der Waals surface area contributed by atoms with Gasteiger partial charge in [-0.25, -0.2) is 0 Å². The van der Waals surface area contributed by atoms with Crippen LogP contribution in [0.1, 0.15) is 24.8 Å². The molecule has 0 saturated carbocycles. The van der Waals surface area contributed by atoms with Gasteiger partial charge in [-0.2, -0.15) is 5.26 Å². The summed E-state index contributed by atoms with van der Waals surface area (Å²) < 4.78 is 0.805. The number of nitriles is 1. The molecule has 1 fully saturated rings. The number of aliphatic hydroxyl groups is 1. The SMILES string of the molecule is N#Cc1ccc(N2CCCC(O)(CC(N)=O)C2)c(Br)c1. The maximum Gasteiger partial charge on any atom is 0.220 e. The van der Waals surface area contributed by atoms with Crippen LogP contribution in [0.2, 0.25) is 0 Å². The number of β-amino-alcohol motifs (C(OH)–C–C–N with tert-alkyl or cyclic N) is 1. The van der Waals surface area contributed by atoms with Crippen LogP contribution in [0.25, 0.3) is 0 Å². The third-order valence-electron chi connectivity index (χ3n) is 3.48. The molecule has 1 amide bonds. The summed E-state index contributed by atoms with van der Waals surface area (Å²) in [4.78, 5) is 13.1.